The second-order valence-corrected chi connectivity index (χ2v) is 5.20. The van der Waals surface area contributed by atoms with E-state index in [0.29, 0.717) is 5.92 Å². The van der Waals surface area contributed by atoms with Gasteiger partial charge in [0.2, 0.25) is 0 Å². The molecule has 0 spiro atoms. The molecular weight excluding hydrogens is 240 g/mol. The number of nitrogens with one attached hydrogen (secondary N) is 1. The lowest BCUT2D eigenvalue weighted by molar-refractivity contribution is 0.0521. The van der Waals surface area contributed by atoms with E-state index < -0.39 is 0 Å². The average molecular weight is 262 g/mol. The summed E-state index contributed by atoms with van der Waals surface area (Å²) in [7, 11) is 1.86. The standard InChI is InChI=1S/C15H22N2O2/c1-11(18)12-7-9-17(10-8-12)15(19)13-3-5-14(16-2)6-4-13/h3-6,11-12,16,18H,7-10H2,1-2H3. The third-order valence-electron chi connectivity index (χ3n) is 3.93. The second kappa shape index (κ2) is 6.06. The molecule has 1 amide bonds. The predicted molar refractivity (Wildman–Crippen MR) is 76.3 cm³/mol. The van der Waals surface area contributed by atoms with E-state index >= 15 is 0 Å². The third kappa shape index (κ3) is 3.26. The van der Waals surface area contributed by atoms with Crippen LogP contribution < -0.4 is 5.32 Å². The third-order valence-corrected chi connectivity index (χ3v) is 3.93. The molecule has 1 saturated heterocycles. The van der Waals surface area contributed by atoms with Crippen LogP contribution in [0.25, 0.3) is 0 Å². The van der Waals surface area contributed by atoms with Crippen molar-refractivity contribution in [3.05, 3.63) is 29.8 Å². The summed E-state index contributed by atoms with van der Waals surface area (Å²) >= 11 is 0. The van der Waals surface area contributed by atoms with E-state index in [4.69, 9.17) is 0 Å². The highest BCUT2D eigenvalue weighted by Crippen LogP contribution is 2.22. The van der Waals surface area contributed by atoms with Gasteiger partial charge < -0.3 is 15.3 Å². The fourth-order valence-corrected chi connectivity index (χ4v) is 2.55. The summed E-state index contributed by atoms with van der Waals surface area (Å²) in [5.41, 5.74) is 1.74. The topological polar surface area (TPSA) is 52.6 Å². The summed E-state index contributed by atoms with van der Waals surface area (Å²) in [6.45, 7) is 3.31. The molecule has 1 unspecified atom stereocenters. The molecule has 1 fully saturated rings. The van der Waals surface area contributed by atoms with E-state index in [2.05, 4.69) is 5.32 Å². The zero-order valence-electron chi connectivity index (χ0n) is 11.6. The van der Waals surface area contributed by atoms with E-state index in [1.807, 2.05) is 43.1 Å². The van der Waals surface area contributed by atoms with Crippen LogP contribution in [0.2, 0.25) is 0 Å². The molecule has 104 valence electrons. The highest BCUT2D eigenvalue weighted by Gasteiger charge is 2.25. The van der Waals surface area contributed by atoms with Crippen LogP contribution in [-0.2, 0) is 0 Å². The Bertz CT molecular complexity index is 420. The van der Waals surface area contributed by atoms with Crippen LogP contribution >= 0.6 is 0 Å². The Morgan fingerprint density at radius 2 is 1.89 bits per heavy atom. The van der Waals surface area contributed by atoms with E-state index in [1.54, 1.807) is 0 Å². The highest BCUT2D eigenvalue weighted by molar-refractivity contribution is 5.94. The van der Waals surface area contributed by atoms with Crippen molar-refractivity contribution < 1.29 is 9.90 Å². The number of hydrogen-bond acceptors (Lipinski definition) is 3. The summed E-state index contributed by atoms with van der Waals surface area (Å²) in [6.07, 6.45) is 1.50. The number of rotatable bonds is 3. The lowest BCUT2D eigenvalue weighted by Gasteiger charge is -2.33. The largest absolute Gasteiger partial charge is 0.393 e. The number of amides is 1. The SMILES string of the molecule is CNc1ccc(C(=O)N2CCC(C(C)O)CC2)cc1. The molecule has 19 heavy (non-hydrogen) atoms. The molecule has 1 aliphatic rings. The Hall–Kier alpha value is -1.55. The van der Waals surface area contributed by atoms with Gasteiger partial charge in [-0.1, -0.05) is 0 Å². The number of anilines is 1. The van der Waals surface area contributed by atoms with Crippen LogP contribution in [0.4, 0.5) is 5.69 Å². The summed E-state index contributed by atoms with van der Waals surface area (Å²) in [4.78, 5) is 14.2. The Balaban J connectivity index is 1.97. The Labute approximate surface area is 114 Å². The molecule has 0 aliphatic carbocycles. The predicted octanol–water partition coefficient (Wildman–Crippen LogP) is 1.96. The van der Waals surface area contributed by atoms with Gasteiger partial charge in [-0.25, -0.2) is 0 Å². The Morgan fingerprint density at radius 1 is 1.32 bits per heavy atom. The van der Waals surface area contributed by atoms with Gasteiger partial charge in [0.25, 0.3) is 5.91 Å². The number of aliphatic hydroxyl groups excluding tert-OH is 1. The maximum Gasteiger partial charge on any atom is 0.253 e. The maximum atomic E-state index is 12.3. The maximum absolute atomic E-state index is 12.3. The summed E-state index contributed by atoms with van der Waals surface area (Å²) in [6, 6.07) is 7.54. The lowest BCUT2D eigenvalue weighted by atomic mass is 9.92. The van der Waals surface area contributed by atoms with Crippen LogP contribution in [-0.4, -0.2) is 42.2 Å². The van der Waals surface area contributed by atoms with Gasteiger partial charge in [0.15, 0.2) is 0 Å². The van der Waals surface area contributed by atoms with Gasteiger partial charge >= 0.3 is 0 Å². The van der Waals surface area contributed by atoms with Crippen LogP contribution in [0, 0.1) is 5.92 Å². The van der Waals surface area contributed by atoms with Gasteiger partial charge in [-0.15, -0.1) is 0 Å². The number of nitrogens with zero attached hydrogens (tertiary/aromatic N) is 1. The van der Waals surface area contributed by atoms with Crippen molar-refractivity contribution in [2.45, 2.75) is 25.9 Å². The number of piperidine rings is 1. The molecule has 0 radical (unpaired) electrons. The zero-order chi connectivity index (χ0) is 13.8. The minimum absolute atomic E-state index is 0.0895. The normalized spacial score (nSPS) is 18.2. The van der Waals surface area contributed by atoms with Gasteiger partial charge in [0, 0.05) is 31.4 Å². The van der Waals surface area contributed by atoms with Crippen LogP contribution in [0.5, 0.6) is 0 Å². The number of carbonyl (C=O) groups is 1. The van der Waals surface area contributed by atoms with E-state index in [9.17, 15) is 9.90 Å². The van der Waals surface area contributed by atoms with E-state index in [1.165, 1.54) is 0 Å². The van der Waals surface area contributed by atoms with Crippen molar-refractivity contribution >= 4 is 11.6 Å². The first-order valence-corrected chi connectivity index (χ1v) is 6.87. The van der Waals surface area contributed by atoms with Crippen molar-refractivity contribution in [1.82, 2.24) is 4.90 Å². The molecule has 0 bridgehead atoms. The fraction of sp³-hybridized carbons (Fsp3) is 0.533. The summed E-state index contributed by atoms with van der Waals surface area (Å²) in [5.74, 6) is 0.419. The molecule has 4 heteroatoms. The van der Waals surface area contributed by atoms with Crippen molar-refractivity contribution in [3.63, 3.8) is 0 Å². The lowest BCUT2D eigenvalue weighted by Crippen LogP contribution is -2.40. The summed E-state index contributed by atoms with van der Waals surface area (Å²) < 4.78 is 0. The molecule has 4 nitrogen and oxygen atoms in total. The number of aliphatic hydroxyl groups is 1. The van der Waals surface area contributed by atoms with Crippen LogP contribution in [0.1, 0.15) is 30.1 Å². The van der Waals surface area contributed by atoms with Gasteiger partial charge in [-0.3, -0.25) is 4.79 Å². The quantitative estimate of drug-likeness (QED) is 0.875. The molecule has 0 aromatic heterocycles. The van der Waals surface area contributed by atoms with Gasteiger partial charge in [0.1, 0.15) is 0 Å². The Morgan fingerprint density at radius 3 is 2.37 bits per heavy atom. The summed E-state index contributed by atoms with van der Waals surface area (Å²) in [5, 5.41) is 12.6. The number of hydrogen-bond donors (Lipinski definition) is 2. The molecule has 0 saturated carbocycles. The minimum atomic E-state index is -0.271. The first kappa shape index (κ1) is 13.9. The molecule has 1 atom stereocenters. The van der Waals surface area contributed by atoms with Gasteiger partial charge in [-0.05, 0) is 49.9 Å². The van der Waals surface area contributed by atoms with Crippen molar-refractivity contribution in [2.24, 2.45) is 5.92 Å². The monoisotopic (exact) mass is 262 g/mol. The van der Waals surface area contributed by atoms with Gasteiger partial charge in [0.05, 0.1) is 6.10 Å². The number of likely N-dealkylation sites (tertiary alicyclic amines) is 1. The van der Waals surface area contributed by atoms with E-state index in [-0.39, 0.29) is 12.0 Å². The van der Waals surface area contributed by atoms with Crippen LogP contribution in [0.3, 0.4) is 0 Å². The average Bonchev–Trinajstić information content (AvgIpc) is 2.46. The number of benzene rings is 1. The van der Waals surface area contributed by atoms with Gasteiger partial charge in [-0.2, -0.15) is 0 Å². The van der Waals surface area contributed by atoms with E-state index in [0.717, 1.165) is 37.2 Å². The zero-order valence-corrected chi connectivity index (χ0v) is 11.6. The number of carbonyl (C=O) groups excluding carboxylic acids is 1. The fourth-order valence-electron chi connectivity index (χ4n) is 2.55. The first-order chi connectivity index (χ1) is 9.11. The smallest absolute Gasteiger partial charge is 0.253 e. The second-order valence-electron chi connectivity index (χ2n) is 5.20. The first-order valence-electron chi connectivity index (χ1n) is 6.87. The van der Waals surface area contributed by atoms with Crippen molar-refractivity contribution in [3.8, 4) is 0 Å². The van der Waals surface area contributed by atoms with Crippen molar-refractivity contribution in [2.75, 3.05) is 25.5 Å². The molecular formula is C15H22N2O2. The molecule has 1 aromatic rings. The molecule has 1 heterocycles. The molecule has 2 N–H and O–H groups in total. The van der Waals surface area contributed by atoms with Crippen molar-refractivity contribution in [1.29, 1.82) is 0 Å². The van der Waals surface area contributed by atoms with Crippen LogP contribution in [0.15, 0.2) is 24.3 Å². The Kier molecular flexibility index (Phi) is 4.43. The molecule has 1 aliphatic heterocycles. The highest BCUT2D eigenvalue weighted by atomic mass is 16.3. The molecule has 1 aromatic carbocycles. The molecule has 2 rings (SSSR count). The minimum Gasteiger partial charge on any atom is -0.393 e.